The summed E-state index contributed by atoms with van der Waals surface area (Å²) in [7, 11) is 0. The molecule has 1 aromatic carbocycles. The van der Waals surface area contributed by atoms with Crippen molar-refractivity contribution in [2.24, 2.45) is 0 Å². The van der Waals surface area contributed by atoms with Crippen LogP contribution in [0.5, 0.6) is 0 Å². The number of cyclic esters (lactones) is 2. The number of hydrogen-bond acceptors (Lipinski definition) is 5. The van der Waals surface area contributed by atoms with Crippen LogP contribution in [0, 0.1) is 15.9 Å². The first-order valence-corrected chi connectivity index (χ1v) is 5.14. The Hall–Kier alpha value is -2.31. The molecule has 7 heteroatoms. The summed E-state index contributed by atoms with van der Waals surface area (Å²) in [5.74, 6) is -2.85. The number of ether oxygens (including phenoxy) is 1. The van der Waals surface area contributed by atoms with Crippen molar-refractivity contribution in [3.8, 4) is 0 Å². The Morgan fingerprint density at radius 3 is 2.39 bits per heavy atom. The van der Waals surface area contributed by atoms with E-state index < -0.39 is 28.6 Å². The summed E-state index contributed by atoms with van der Waals surface area (Å²) in [6, 6.07) is 3.15. The Morgan fingerprint density at radius 2 is 1.89 bits per heavy atom. The molecule has 0 radical (unpaired) electrons. The molecule has 0 aromatic heterocycles. The van der Waals surface area contributed by atoms with Gasteiger partial charge < -0.3 is 4.74 Å². The van der Waals surface area contributed by atoms with Gasteiger partial charge in [-0.15, -0.1) is 0 Å². The number of benzene rings is 1. The van der Waals surface area contributed by atoms with Crippen molar-refractivity contribution in [1.29, 1.82) is 0 Å². The van der Waals surface area contributed by atoms with Gasteiger partial charge in [0, 0.05) is 12.0 Å². The molecule has 0 bridgehead atoms. The number of hydrogen-bond donors (Lipinski definition) is 0. The van der Waals surface area contributed by atoms with Crippen molar-refractivity contribution >= 4 is 17.6 Å². The number of rotatable bonds is 2. The first-order chi connectivity index (χ1) is 8.47. The molecule has 1 aromatic rings. The predicted molar refractivity (Wildman–Crippen MR) is 56.1 cm³/mol. The van der Waals surface area contributed by atoms with Crippen molar-refractivity contribution in [1.82, 2.24) is 0 Å². The molecule has 0 saturated carbocycles. The Morgan fingerprint density at radius 1 is 1.28 bits per heavy atom. The molecule has 6 nitrogen and oxygen atoms in total. The summed E-state index contributed by atoms with van der Waals surface area (Å²) in [5.41, 5.74) is -0.258. The first kappa shape index (κ1) is 12.2. The average molecular weight is 253 g/mol. The summed E-state index contributed by atoms with van der Waals surface area (Å²) >= 11 is 0. The van der Waals surface area contributed by atoms with Crippen LogP contribution in [0.1, 0.15) is 24.3 Å². The maximum absolute atomic E-state index is 13.7. The Bertz CT molecular complexity index is 526. The minimum atomic E-state index is -0.795. The zero-order valence-electron chi connectivity index (χ0n) is 9.09. The second-order valence-corrected chi connectivity index (χ2v) is 3.91. The highest BCUT2D eigenvalue weighted by Crippen LogP contribution is 2.31. The van der Waals surface area contributed by atoms with Gasteiger partial charge in [-0.3, -0.25) is 19.7 Å². The fourth-order valence-electron chi connectivity index (χ4n) is 1.87. The second-order valence-electron chi connectivity index (χ2n) is 3.91. The lowest BCUT2D eigenvalue weighted by molar-refractivity contribution is -0.385. The highest BCUT2D eigenvalue weighted by molar-refractivity contribution is 5.89. The van der Waals surface area contributed by atoms with Gasteiger partial charge in [0.25, 0.3) is 5.69 Å². The SMILES string of the molecule is O=C1CC(c2ccc([N+](=O)[O-])cc2F)CC(=O)O1. The summed E-state index contributed by atoms with van der Waals surface area (Å²) < 4.78 is 18.0. The number of nitro benzene ring substituents is 1. The molecular formula is C11H8FNO5. The molecule has 0 amide bonds. The Labute approximate surface area is 101 Å². The van der Waals surface area contributed by atoms with Gasteiger partial charge in [-0.25, -0.2) is 4.39 Å². The standard InChI is InChI=1S/C11H8FNO5/c12-9-5-7(13(16)17)1-2-8(9)6-3-10(14)18-11(15)4-6/h1-2,5-6H,3-4H2. The van der Waals surface area contributed by atoms with Crippen LogP contribution in [0.4, 0.5) is 10.1 Å². The molecule has 1 heterocycles. The lowest BCUT2D eigenvalue weighted by Gasteiger charge is -2.20. The van der Waals surface area contributed by atoms with E-state index in [-0.39, 0.29) is 24.1 Å². The normalized spacial score (nSPS) is 16.5. The van der Waals surface area contributed by atoms with E-state index in [0.717, 1.165) is 12.1 Å². The monoisotopic (exact) mass is 253 g/mol. The predicted octanol–water partition coefficient (Wildman–Crippen LogP) is 1.68. The second kappa shape index (κ2) is 4.52. The van der Waals surface area contributed by atoms with E-state index in [1.54, 1.807) is 0 Å². The molecule has 94 valence electrons. The van der Waals surface area contributed by atoms with Gasteiger partial charge >= 0.3 is 11.9 Å². The van der Waals surface area contributed by atoms with E-state index in [0.29, 0.717) is 0 Å². The third-order valence-corrected chi connectivity index (χ3v) is 2.69. The van der Waals surface area contributed by atoms with E-state index in [4.69, 9.17) is 0 Å². The van der Waals surface area contributed by atoms with Gasteiger partial charge in [0.1, 0.15) is 5.82 Å². The third-order valence-electron chi connectivity index (χ3n) is 2.69. The molecule has 0 unspecified atom stereocenters. The van der Waals surface area contributed by atoms with Gasteiger partial charge in [0.05, 0.1) is 23.8 Å². The van der Waals surface area contributed by atoms with Crippen LogP contribution in [0.3, 0.4) is 0 Å². The molecule has 0 spiro atoms. The number of nitro groups is 1. The van der Waals surface area contributed by atoms with Gasteiger partial charge in [-0.2, -0.15) is 0 Å². The van der Waals surface area contributed by atoms with Crippen molar-refractivity contribution in [2.45, 2.75) is 18.8 Å². The summed E-state index contributed by atoms with van der Waals surface area (Å²) in [5, 5.41) is 10.5. The molecular weight excluding hydrogens is 245 g/mol. The van der Waals surface area contributed by atoms with Gasteiger partial charge in [0.15, 0.2) is 0 Å². The molecule has 0 aliphatic carbocycles. The van der Waals surface area contributed by atoms with E-state index in [2.05, 4.69) is 4.74 Å². The van der Waals surface area contributed by atoms with Crippen molar-refractivity contribution in [3.63, 3.8) is 0 Å². The van der Waals surface area contributed by atoms with Gasteiger partial charge in [-0.05, 0) is 11.6 Å². The molecule has 2 rings (SSSR count). The van der Waals surface area contributed by atoms with Crippen LogP contribution in [0.15, 0.2) is 18.2 Å². The summed E-state index contributed by atoms with van der Waals surface area (Å²) in [6.45, 7) is 0. The largest absolute Gasteiger partial charge is 0.393 e. The number of esters is 2. The fourth-order valence-corrected chi connectivity index (χ4v) is 1.87. The van der Waals surface area contributed by atoms with Crippen molar-refractivity contribution in [3.05, 3.63) is 39.7 Å². The fraction of sp³-hybridized carbons (Fsp3) is 0.273. The lowest BCUT2D eigenvalue weighted by Crippen LogP contribution is -2.24. The smallest absolute Gasteiger partial charge is 0.314 e. The van der Waals surface area contributed by atoms with E-state index >= 15 is 0 Å². The van der Waals surface area contributed by atoms with Gasteiger partial charge in [-0.1, -0.05) is 0 Å². The van der Waals surface area contributed by atoms with Crippen LogP contribution >= 0.6 is 0 Å². The molecule has 1 aliphatic rings. The quantitative estimate of drug-likeness (QED) is 0.346. The lowest BCUT2D eigenvalue weighted by atomic mass is 9.90. The molecule has 0 N–H and O–H groups in total. The summed E-state index contributed by atoms with van der Waals surface area (Å²) in [6.07, 6.45) is -0.221. The van der Waals surface area contributed by atoms with Crippen LogP contribution < -0.4 is 0 Å². The summed E-state index contributed by atoms with van der Waals surface area (Å²) in [4.78, 5) is 31.9. The molecule has 0 atom stereocenters. The average Bonchev–Trinajstić information content (AvgIpc) is 2.27. The van der Waals surface area contributed by atoms with Crippen molar-refractivity contribution in [2.75, 3.05) is 0 Å². The van der Waals surface area contributed by atoms with E-state index in [1.807, 2.05) is 0 Å². The molecule has 1 saturated heterocycles. The van der Waals surface area contributed by atoms with Crippen LogP contribution in [0.2, 0.25) is 0 Å². The van der Waals surface area contributed by atoms with Crippen LogP contribution in [0.25, 0.3) is 0 Å². The number of non-ortho nitro benzene ring substituents is 1. The van der Waals surface area contributed by atoms with E-state index in [9.17, 15) is 24.1 Å². The van der Waals surface area contributed by atoms with Crippen LogP contribution in [-0.4, -0.2) is 16.9 Å². The minimum Gasteiger partial charge on any atom is -0.393 e. The minimum absolute atomic E-state index is 0.111. The van der Waals surface area contributed by atoms with Crippen LogP contribution in [-0.2, 0) is 14.3 Å². The number of carbonyl (C=O) groups is 2. The number of nitrogens with zero attached hydrogens (tertiary/aromatic N) is 1. The molecule has 18 heavy (non-hydrogen) atoms. The number of carbonyl (C=O) groups excluding carboxylic acids is 2. The molecule has 1 fully saturated rings. The van der Waals surface area contributed by atoms with Gasteiger partial charge in [0.2, 0.25) is 0 Å². The highest BCUT2D eigenvalue weighted by atomic mass is 19.1. The molecule has 1 aliphatic heterocycles. The zero-order chi connectivity index (χ0) is 13.3. The number of halogens is 1. The topological polar surface area (TPSA) is 86.5 Å². The van der Waals surface area contributed by atoms with E-state index in [1.165, 1.54) is 6.07 Å². The Kier molecular flexibility index (Phi) is 3.05. The third kappa shape index (κ3) is 2.34. The Balaban J connectivity index is 2.31. The van der Waals surface area contributed by atoms with Crippen molar-refractivity contribution < 1.29 is 23.6 Å². The zero-order valence-corrected chi connectivity index (χ0v) is 9.09. The maximum atomic E-state index is 13.7. The maximum Gasteiger partial charge on any atom is 0.314 e. The first-order valence-electron chi connectivity index (χ1n) is 5.14. The highest BCUT2D eigenvalue weighted by Gasteiger charge is 2.30.